The summed E-state index contributed by atoms with van der Waals surface area (Å²) in [5.41, 5.74) is 7.23. The fourth-order valence-electron chi connectivity index (χ4n) is 2.10. The highest BCUT2D eigenvalue weighted by molar-refractivity contribution is 6.11. The van der Waals surface area contributed by atoms with Crippen molar-refractivity contribution in [1.29, 1.82) is 0 Å². The molecule has 0 fully saturated rings. The first-order valence-corrected chi connectivity index (χ1v) is 5.56. The molecule has 5 heteroatoms. The molecule has 0 bridgehead atoms. The van der Waals surface area contributed by atoms with Crippen LogP contribution in [0.1, 0.15) is 15.9 Å². The largest absolute Gasteiger partial charge is 0.377 e. The zero-order valence-electron chi connectivity index (χ0n) is 10.6. The van der Waals surface area contributed by atoms with Crippen molar-refractivity contribution in [2.24, 2.45) is 5.73 Å². The minimum Gasteiger partial charge on any atom is -0.377 e. The van der Waals surface area contributed by atoms with Crippen molar-refractivity contribution < 1.29 is 4.79 Å². The van der Waals surface area contributed by atoms with E-state index in [0.717, 1.165) is 5.69 Å². The molecule has 0 aliphatic heterocycles. The molecule has 1 aromatic heterocycles. The number of nitrogens with one attached hydrogen (secondary N) is 1. The summed E-state index contributed by atoms with van der Waals surface area (Å²) in [7, 11) is 3.75. The fourth-order valence-corrected chi connectivity index (χ4v) is 2.10. The summed E-state index contributed by atoms with van der Waals surface area (Å²) in [6.07, 6.45) is 0. The molecule has 2 rings (SSSR count). The standard InChI is InChI=1S/C13H15N3O2/c1-7-10(12(14)17)11-8(15-13(7)18)5-4-6-9(11)16(2)3/h4-6H,1-3H3,(H2,14,17)(H,15,18). The first-order chi connectivity index (χ1) is 8.43. The molecule has 0 unspecified atom stereocenters. The van der Waals surface area contributed by atoms with Crippen LogP contribution in [0.5, 0.6) is 0 Å². The van der Waals surface area contributed by atoms with Crippen molar-refractivity contribution in [3.63, 3.8) is 0 Å². The van der Waals surface area contributed by atoms with E-state index in [1.807, 2.05) is 31.1 Å². The second kappa shape index (κ2) is 4.18. The van der Waals surface area contributed by atoms with E-state index in [1.165, 1.54) is 0 Å². The van der Waals surface area contributed by atoms with Crippen molar-refractivity contribution in [3.05, 3.63) is 39.7 Å². The smallest absolute Gasteiger partial charge is 0.252 e. The number of hydrogen-bond acceptors (Lipinski definition) is 3. The third-order valence-electron chi connectivity index (χ3n) is 2.98. The van der Waals surface area contributed by atoms with E-state index in [0.29, 0.717) is 16.5 Å². The number of nitrogens with two attached hydrogens (primary N) is 1. The molecule has 0 saturated carbocycles. The van der Waals surface area contributed by atoms with Crippen molar-refractivity contribution in [1.82, 2.24) is 4.98 Å². The molecule has 1 amide bonds. The Labute approximate surface area is 104 Å². The Kier molecular flexibility index (Phi) is 2.82. The number of hydrogen-bond donors (Lipinski definition) is 2. The maximum atomic E-state index is 11.8. The maximum absolute atomic E-state index is 11.8. The van der Waals surface area contributed by atoms with E-state index < -0.39 is 5.91 Å². The van der Waals surface area contributed by atoms with Crippen LogP contribution in [0.25, 0.3) is 10.9 Å². The monoisotopic (exact) mass is 245 g/mol. The Bertz CT molecular complexity index is 686. The number of amides is 1. The number of nitrogens with zero attached hydrogens (tertiary/aromatic N) is 1. The van der Waals surface area contributed by atoms with E-state index in [9.17, 15) is 9.59 Å². The van der Waals surface area contributed by atoms with Crippen molar-refractivity contribution in [3.8, 4) is 0 Å². The van der Waals surface area contributed by atoms with Crippen molar-refractivity contribution >= 4 is 22.5 Å². The summed E-state index contributed by atoms with van der Waals surface area (Å²) in [5.74, 6) is -0.585. The van der Waals surface area contributed by atoms with Crippen LogP contribution in [0.3, 0.4) is 0 Å². The van der Waals surface area contributed by atoms with Gasteiger partial charge in [0.15, 0.2) is 0 Å². The van der Waals surface area contributed by atoms with Crippen LogP contribution in [0.15, 0.2) is 23.0 Å². The number of primary amides is 1. The van der Waals surface area contributed by atoms with Crippen molar-refractivity contribution in [2.75, 3.05) is 19.0 Å². The van der Waals surface area contributed by atoms with Crippen molar-refractivity contribution in [2.45, 2.75) is 6.92 Å². The van der Waals surface area contributed by atoms with Crippen LogP contribution in [-0.2, 0) is 0 Å². The Morgan fingerprint density at radius 2 is 2.00 bits per heavy atom. The number of H-pyrrole nitrogens is 1. The molecule has 0 radical (unpaired) electrons. The van der Waals surface area contributed by atoms with E-state index in [-0.39, 0.29) is 11.1 Å². The van der Waals surface area contributed by atoms with Crippen LogP contribution in [0, 0.1) is 6.92 Å². The average Bonchev–Trinajstić information content (AvgIpc) is 2.29. The van der Waals surface area contributed by atoms with Gasteiger partial charge < -0.3 is 15.6 Å². The quantitative estimate of drug-likeness (QED) is 0.828. The summed E-state index contributed by atoms with van der Waals surface area (Å²) >= 11 is 0. The highest BCUT2D eigenvalue weighted by atomic mass is 16.1. The second-order valence-corrected chi connectivity index (χ2v) is 4.41. The fraction of sp³-hybridized carbons (Fsp3) is 0.231. The summed E-state index contributed by atoms with van der Waals surface area (Å²) < 4.78 is 0. The van der Waals surface area contributed by atoms with Crippen LogP contribution >= 0.6 is 0 Å². The highest BCUT2D eigenvalue weighted by Crippen LogP contribution is 2.27. The molecule has 2 aromatic rings. The van der Waals surface area contributed by atoms with Gasteiger partial charge in [-0.05, 0) is 19.1 Å². The Morgan fingerprint density at radius 3 is 2.56 bits per heavy atom. The molecule has 0 spiro atoms. The number of aromatic nitrogens is 1. The Balaban J connectivity index is 3.05. The maximum Gasteiger partial charge on any atom is 0.252 e. The first kappa shape index (κ1) is 12.2. The third kappa shape index (κ3) is 1.73. The summed E-state index contributed by atoms with van der Waals surface area (Å²) in [6, 6.07) is 5.47. The van der Waals surface area contributed by atoms with Crippen LogP contribution in [0.2, 0.25) is 0 Å². The zero-order chi connectivity index (χ0) is 13.4. The number of carbonyl (C=O) groups excluding carboxylic acids is 1. The SMILES string of the molecule is Cc1c(C(N)=O)c2c(N(C)C)cccc2[nH]c1=O. The number of benzene rings is 1. The van der Waals surface area contributed by atoms with Gasteiger partial charge in [0.1, 0.15) is 0 Å². The number of rotatable bonds is 2. The Morgan fingerprint density at radius 1 is 1.33 bits per heavy atom. The molecule has 5 nitrogen and oxygen atoms in total. The van der Waals surface area contributed by atoms with Crippen LogP contribution in [-0.4, -0.2) is 25.0 Å². The second-order valence-electron chi connectivity index (χ2n) is 4.41. The summed E-state index contributed by atoms with van der Waals surface area (Å²) in [6.45, 7) is 1.60. The van der Waals surface area contributed by atoms with Gasteiger partial charge in [-0.25, -0.2) is 0 Å². The van der Waals surface area contributed by atoms with Gasteiger partial charge >= 0.3 is 0 Å². The number of anilines is 1. The summed E-state index contributed by atoms with van der Waals surface area (Å²) in [5, 5.41) is 0.687. The van der Waals surface area contributed by atoms with Crippen LogP contribution < -0.4 is 16.2 Å². The molecular formula is C13H15N3O2. The lowest BCUT2D eigenvalue weighted by Gasteiger charge is -2.17. The molecular weight excluding hydrogens is 230 g/mol. The topological polar surface area (TPSA) is 79.2 Å². The van der Waals surface area contributed by atoms with Gasteiger partial charge in [0.25, 0.3) is 5.56 Å². The molecule has 3 N–H and O–H groups in total. The van der Waals surface area contributed by atoms with Gasteiger partial charge in [-0.2, -0.15) is 0 Å². The first-order valence-electron chi connectivity index (χ1n) is 5.56. The molecule has 0 atom stereocenters. The lowest BCUT2D eigenvalue weighted by molar-refractivity contribution is 0.100. The minimum atomic E-state index is -0.585. The number of aromatic amines is 1. The predicted octanol–water partition coefficient (Wildman–Crippen LogP) is 1.00. The molecule has 0 aliphatic carbocycles. The summed E-state index contributed by atoms with van der Waals surface area (Å²) in [4.78, 5) is 28.0. The molecule has 18 heavy (non-hydrogen) atoms. The number of carbonyl (C=O) groups is 1. The Hall–Kier alpha value is -2.30. The number of fused-ring (bicyclic) bond motifs is 1. The van der Waals surface area contributed by atoms with Gasteiger partial charge in [-0.3, -0.25) is 9.59 Å². The van der Waals surface area contributed by atoms with Gasteiger partial charge in [0, 0.05) is 30.7 Å². The van der Waals surface area contributed by atoms with E-state index in [4.69, 9.17) is 5.73 Å². The number of pyridine rings is 1. The molecule has 94 valence electrons. The lowest BCUT2D eigenvalue weighted by atomic mass is 10.0. The minimum absolute atomic E-state index is 0.285. The lowest BCUT2D eigenvalue weighted by Crippen LogP contribution is -2.22. The normalized spacial score (nSPS) is 10.6. The zero-order valence-corrected chi connectivity index (χ0v) is 10.6. The highest BCUT2D eigenvalue weighted by Gasteiger charge is 2.17. The van der Waals surface area contributed by atoms with Gasteiger partial charge in [-0.1, -0.05) is 6.07 Å². The van der Waals surface area contributed by atoms with E-state index >= 15 is 0 Å². The van der Waals surface area contributed by atoms with E-state index in [2.05, 4.69) is 4.98 Å². The molecule has 0 saturated heterocycles. The average molecular weight is 245 g/mol. The van der Waals surface area contributed by atoms with Gasteiger partial charge in [0.2, 0.25) is 5.91 Å². The van der Waals surface area contributed by atoms with E-state index in [1.54, 1.807) is 13.0 Å². The predicted molar refractivity (Wildman–Crippen MR) is 72.2 cm³/mol. The van der Waals surface area contributed by atoms with Gasteiger partial charge in [0.05, 0.1) is 11.1 Å². The van der Waals surface area contributed by atoms with Gasteiger partial charge in [-0.15, -0.1) is 0 Å². The third-order valence-corrected chi connectivity index (χ3v) is 2.98. The molecule has 1 aromatic carbocycles. The molecule has 1 heterocycles. The molecule has 0 aliphatic rings. The van der Waals surface area contributed by atoms with Crippen LogP contribution in [0.4, 0.5) is 5.69 Å².